The number of aliphatic carboxylic acids is 1. The van der Waals surface area contributed by atoms with Gasteiger partial charge in [-0.25, -0.2) is 4.79 Å². The number of carboxylic acid groups (broad SMARTS) is 1. The number of rotatable bonds is 5. The summed E-state index contributed by atoms with van der Waals surface area (Å²) in [6.45, 7) is 2.17. The van der Waals surface area contributed by atoms with E-state index < -0.39 is 5.97 Å². The molecular formula is C14H16O3. The predicted molar refractivity (Wildman–Crippen MR) is 64.8 cm³/mol. The zero-order chi connectivity index (χ0) is 12.3. The van der Waals surface area contributed by atoms with E-state index in [4.69, 9.17) is 9.84 Å². The Morgan fingerprint density at radius 2 is 2.29 bits per heavy atom. The summed E-state index contributed by atoms with van der Waals surface area (Å²) in [6.07, 6.45) is 3.52. The fourth-order valence-electron chi connectivity index (χ4n) is 1.93. The Labute approximate surface area is 101 Å². The summed E-state index contributed by atoms with van der Waals surface area (Å²) in [5.41, 5.74) is 3.00. The molecule has 17 heavy (non-hydrogen) atoms. The lowest BCUT2D eigenvalue weighted by Crippen LogP contribution is -2.20. The van der Waals surface area contributed by atoms with Crippen LogP contribution in [-0.4, -0.2) is 17.7 Å². The van der Waals surface area contributed by atoms with Gasteiger partial charge in [-0.1, -0.05) is 30.3 Å². The summed E-state index contributed by atoms with van der Waals surface area (Å²) < 4.78 is 5.70. The van der Waals surface area contributed by atoms with Gasteiger partial charge < -0.3 is 9.84 Å². The van der Waals surface area contributed by atoms with Crippen molar-refractivity contribution < 1.29 is 14.6 Å². The van der Waals surface area contributed by atoms with E-state index in [0.29, 0.717) is 18.6 Å². The second kappa shape index (κ2) is 5.15. The van der Waals surface area contributed by atoms with Gasteiger partial charge >= 0.3 is 5.97 Å². The zero-order valence-electron chi connectivity index (χ0n) is 9.85. The molecule has 2 rings (SSSR count). The van der Waals surface area contributed by atoms with Crippen molar-refractivity contribution in [2.24, 2.45) is 0 Å². The van der Waals surface area contributed by atoms with Crippen molar-refractivity contribution in [3.8, 4) is 0 Å². The molecule has 0 radical (unpaired) electrons. The molecule has 90 valence electrons. The maximum absolute atomic E-state index is 10.5. The smallest absolute Gasteiger partial charge is 0.330 e. The molecule has 3 heteroatoms. The van der Waals surface area contributed by atoms with Gasteiger partial charge in [0.25, 0.3) is 0 Å². The Morgan fingerprint density at radius 3 is 3.00 bits per heavy atom. The number of hydrogen-bond acceptors (Lipinski definition) is 2. The summed E-state index contributed by atoms with van der Waals surface area (Å²) in [6, 6.07) is 8.25. The average molecular weight is 232 g/mol. The SMILES string of the molecule is CC(=CCCOC1Cc2ccccc21)C(=O)O. The zero-order valence-corrected chi connectivity index (χ0v) is 9.85. The van der Waals surface area contributed by atoms with Gasteiger partial charge in [-0.2, -0.15) is 0 Å². The molecule has 0 aromatic heterocycles. The maximum Gasteiger partial charge on any atom is 0.330 e. The van der Waals surface area contributed by atoms with Crippen molar-refractivity contribution in [1.82, 2.24) is 0 Å². The van der Waals surface area contributed by atoms with Gasteiger partial charge in [0.15, 0.2) is 0 Å². The molecule has 0 amide bonds. The monoisotopic (exact) mass is 232 g/mol. The second-order valence-corrected chi connectivity index (χ2v) is 4.24. The van der Waals surface area contributed by atoms with Gasteiger partial charge in [0, 0.05) is 12.0 Å². The lowest BCUT2D eigenvalue weighted by molar-refractivity contribution is -0.132. The molecule has 0 saturated heterocycles. The Kier molecular flexibility index (Phi) is 3.59. The summed E-state index contributed by atoms with van der Waals surface area (Å²) in [7, 11) is 0. The number of benzene rings is 1. The van der Waals surface area contributed by atoms with Crippen LogP contribution in [0.5, 0.6) is 0 Å². The van der Waals surface area contributed by atoms with Gasteiger partial charge in [0.05, 0.1) is 12.7 Å². The third-order valence-corrected chi connectivity index (χ3v) is 3.03. The minimum absolute atomic E-state index is 0.199. The summed E-state index contributed by atoms with van der Waals surface area (Å²) in [4.78, 5) is 10.5. The van der Waals surface area contributed by atoms with Crippen LogP contribution in [0.25, 0.3) is 0 Å². The number of ether oxygens (including phenoxy) is 1. The standard InChI is InChI=1S/C14H16O3/c1-10(14(15)16)5-4-8-17-13-9-11-6-2-3-7-12(11)13/h2-3,5-7,13H,4,8-9H2,1H3,(H,15,16). The molecule has 0 spiro atoms. The molecule has 0 heterocycles. The van der Waals surface area contributed by atoms with E-state index in [2.05, 4.69) is 12.1 Å². The molecule has 1 aromatic carbocycles. The Bertz CT molecular complexity index is 449. The largest absolute Gasteiger partial charge is 0.478 e. The first-order valence-corrected chi connectivity index (χ1v) is 5.78. The Balaban J connectivity index is 1.75. The van der Waals surface area contributed by atoms with Crippen molar-refractivity contribution in [3.63, 3.8) is 0 Å². The van der Waals surface area contributed by atoms with Crippen LogP contribution in [-0.2, 0) is 16.0 Å². The topological polar surface area (TPSA) is 46.5 Å². The number of fused-ring (bicyclic) bond motifs is 1. The molecule has 1 atom stereocenters. The molecule has 0 aliphatic heterocycles. The quantitative estimate of drug-likeness (QED) is 0.627. The van der Waals surface area contributed by atoms with Crippen LogP contribution in [0.4, 0.5) is 0 Å². The van der Waals surface area contributed by atoms with E-state index in [9.17, 15) is 4.79 Å². The maximum atomic E-state index is 10.5. The number of carbonyl (C=O) groups is 1. The minimum atomic E-state index is -0.862. The predicted octanol–water partition coefficient (Wildman–Crippen LogP) is 2.72. The van der Waals surface area contributed by atoms with E-state index in [-0.39, 0.29) is 6.10 Å². The molecule has 1 N–H and O–H groups in total. The van der Waals surface area contributed by atoms with Crippen molar-refractivity contribution in [2.75, 3.05) is 6.61 Å². The van der Waals surface area contributed by atoms with Crippen LogP contribution >= 0.6 is 0 Å². The van der Waals surface area contributed by atoms with Gasteiger partial charge in [-0.05, 0) is 24.5 Å². The fraction of sp³-hybridized carbons (Fsp3) is 0.357. The van der Waals surface area contributed by atoms with Crippen molar-refractivity contribution in [1.29, 1.82) is 0 Å². The van der Waals surface area contributed by atoms with Crippen LogP contribution in [0, 0.1) is 0 Å². The van der Waals surface area contributed by atoms with Crippen LogP contribution in [0.15, 0.2) is 35.9 Å². The minimum Gasteiger partial charge on any atom is -0.478 e. The van der Waals surface area contributed by atoms with Crippen LogP contribution in [0.1, 0.15) is 30.6 Å². The molecule has 3 nitrogen and oxygen atoms in total. The molecule has 0 saturated carbocycles. The highest BCUT2D eigenvalue weighted by Gasteiger charge is 2.25. The van der Waals surface area contributed by atoms with Gasteiger partial charge in [0.2, 0.25) is 0 Å². The lowest BCUT2D eigenvalue weighted by Gasteiger charge is -2.29. The number of carboxylic acids is 1. The van der Waals surface area contributed by atoms with E-state index >= 15 is 0 Å². The van der Waals surface area contributed by atoms with Crippen molar-refractivity contribution in [2.45, 2.75) is 25.9 Å². The summed E-state index contributed by atoms with van der Waals surface area (Å²) in [5, 5.41) is 8.67. The Hall–Kier alpha value is -1.61. The molecule has 0 bridgehead atoms. The van der Waals surface area contributed by atoms with E-state index in [1.165, 1.54) is 11.1 Å². The molecule has 0 fully saturated rings. The molecule has 1 aromatic rings. The highest BCUT2D eigenvalue weighted by Crippen LogP contribution is 2.35. The highest BCUT2D eigenvalue weighted by molar-refractivity contribution is 5.85. The van der Waals surface area contributed by atoms with Crippen LogP contribution in [0.2, 0.25) is 0 Å². The van der Waals surface area contributed by atoms with Crippen molar-refractivity contribution >= 4 is 5.97 Å². The first-order chi connectivity index (χ1) is 8.18. The normalized spacial score (nSPS) is 18.4. The Morgan fingerprint density at radius 1 is 1.53 bits per heavy atom. The van der Waals surface area contributed by atoms with Gasteiger partial charge in [0.1, 0.15) is 0 Å². The summed E-state index contributed by atoms with van der Waals surface area (Å²) in [5.74, 6) is -0.862. The van der Waals surface area contributed by atoms with E-state index in [1.54, 1.807) is 13.0 Å². The van der Waals surface area contributed by atoms with Gasteiger partial charge in [-0.15, -0.1) is 0 Å². The van der Waals surface area contributed by atoms with Crippen LogP contribution in [0.3, 0.4) is 0 Å². The van der Waals surface area contributed by atoms with Crippen molar-refractivity contribution in [3.05, 3.63) is 47.0 Å². The van der Waals surface area contributed by atoms with E-state index in [0.717, 1.165) is 6.42 Å². The first kappa shape index (κ1) is 11.9. The second-order valence-electron chi connectivity index (χ2n) is 4.24. The molecule has 1 unspecified atom stereocenters. The first-order valence-electron chi connectivity index (χ1n) is 5.78. The summed E-state index contributed by atoms with van der Waals surface area (Å²) >= 11 is 0. The molecular weight excluding hydrogens is 216 g/mol. The van der Waals surface area contributed by atoms with Crippen LogP contribution < -0.4 is 0 Å². The molecule has 1 aliphatic carbocycles. The van der Waals surface area contributed by atoms with Gasteiger partial charge in [-0.3, -0.25) is 0 Å². The molecule has 1 aliphatic rings. The lowest BCUT2D eigenvalue weighted by atomic mass is 9.85. The third-order valence-electron chi connectivity index (χ3n) is 3.03. The highest BCUT2D eigenvalue weighted by atomic mass is 16.5. The third kappa shape index (κ3) is 2.74. The van der Waals surface area contributed by atoms with E-state index in [1.807, 2.05) is 12.1 Å². The average Bonchev–Trinajstić information content (AvgIpc) is 2.29. The fourth-order valence-corrected chi connectivity index (χ4v) is 1.93. The number of hydrogen-bond donors (Lipinski definition) is 1.